The molecular weight excluding hydrogens is 228 g/mol. The summed E-state index contributed by atoms with van der Waals surface area (Å²) >= 11 is 0. The van der Waals surface area contributed by atoms with Gasteiger partial charge in [-0.1, -0.05) is 0 Å². The molecule has 2 rings (SSSR count). The van der Waals surface area contributed by atoms with E-state index >= 15 is 0 Å². The van der Waals surface area contributed by atoms with E-state index in [1.54, 1.807) is 13.8 Å². The van der Waals surface area contributed by atoms with Crippen molar-refractivity contribution in [2.45, 2.75) is 44.1 Å². The molecule has 4 unspecified atom stereocenters. The van der Waals surface area contributed by atoms with Gasteiger partial charge in [0.1, 0.15) is 0 Å². The Bertz CT molecular complexity index is 247. The largest absolute Gasteiger partial charge is 0.391 e. The number of aliphatic hydroxyl groups is 2. The number of ether oxygens (including phenoxy) is 4. The molecule has 2 heterocycles. The zero-order valence-electron chi connectivity index (χ0n) is 10.2. The Hall–Kier alpha value is -0.240. The number of aliphatic hydroxyl groups excluding tert-OH is 2. The quantitative estimate of drug-likeness (QED) is 0.706. The van der Waals surface area contributed by atoms with E-state index in [0.717, 1.165) is 0 Å². The number of hydrogen-bond donors (Lipinski definition) is 2. The van der Waals surface area contributed by atoms with Gasteiger partial charge in [-0.05, 0) is 13.8 Å². The van der Waals surface area contributed by atoms with Crippen LogP contribution in [0, 0.1) is 0 Å². The van der Waals surface area contributed by atoms with Crippen LogP contribution in [-0.4, -0.2) is 60.4 Å². The molecule has 2 aliphatic rings. The van der Waals surface area contributed by atoms with Crippen molar-refractivity contribution in [2.24, 2.45) is 0 Å². The normalized spacial score (nSPS) is 46.6. The lowest BCUT2D eigenvalue weighted by molar-refractivity contribution is -0.190. The van der Waals surface area contributed by atoms with E-state index in [-0.39, 0.29) is 25.4 Å². The van der Waals surface area contributed by atoms with Gasteiger partial charge in [0.15, 0.2) is 11.6 Å². The maximum atomic E-state index is 9.09. The lowest BCUT2D eigenvalue weighted by Gasteiger charge is -2.22. The third kappa shape index (κ3) is 2.96. The smallest absolute Gasteiger partial charge is 0.189 e. The second-order valence-electron chi connectivity index (χ2n) is 4.92. The van der Waals surface area contributed by atoms with Crippen LogP contribution in [0.5, 0.6) is 0 Å². The molecule has 0 bridgehead atoms. The van der Waals surface area contributed by atoms with Crippen LogP contribution < -0.4 is 0 Å². The van der Waals surface area contributed by atoms with Crippen molar-refractivity contribution in [1.82, 2.24) is 0 Å². The van der Waals surface area contributed by atoms with E-state index in [4.69, 9.17) is 29.2 Å². The van der Waals surface area contributed by atoms with Crippen molar-refractivity contribution in [1.29, 1.82) is 0 Å². The maximum Gasteiger partial charge on any atom is 0.189 e. The highest BCUT2D eigenvalue weighted by Crippen LogP contribution is 2.30. The van der Waals surface area contributed by atoms with Gasteiger partial charge in [0.25, 0.3) is 0 Å². The predicted molar refractivity (Wildman–Crippen MR) is 57.2 cm³/mol. The molecular formula is C11H20O6. The van der Waals surface area contributed by atoms with Crippen LogP contribution in [0.4, 0.5) is 0 Å². The van der Waals surface area contributed by atoms with Crippen LogP contribution in [0.2, 0.25) is 0 Å². The standard InChI is InChI=1S/C11H20O6/c1-10(6-12)14-4-8(16-10)3-9-5-15-11(2,7-13)17-9/h8-9,12-13H,3-7H2,1-2H3. The monoisotopic (exact) mass is 248 g/mol. The fourth-order valence-corrected chi connectivity index (χ4v) is 2.07. The average molecular weight is 248 g/mol. The summed E-state index contributed by atoms with van der Waals surface area (Å²) in [7, 11) is 0. The second-order valence-corrected chi connectivity index (χ2v) is 4.92. The van der Waals surface area contributed by atoms with Crippen LogP contribution in [0.1, 0.15) is 20.3 Å². The van der Waals surface area contributed by atoms with Gasteiger partial charge < -0.3 is 29.2 Å². The van der Waals surface area contributed by atoms with E-state index in [1.807, 2.05) is 0 Å². The Balaban J connectivity index is 1.80. The Morgan fingerprint density at radius 1 is 0.941 bits per heavy atom. The molecule has 2 saturated heterocycles. The Kier molecular flexibility index (Phi) is 3.72. The Morgan fingerprint density at radius 3 is 1.65 bits per heavy atom. The van der Waals surface area contributed by atoms with Gasteiger partial charge in [0.05, 0.1) is 38.6 Å². The molecule has 0 radical (unpaired) electrons. The summed E-state index contributed by atoms with van der Waals surface area (Å²) in [4.78, 5) is 0. The lowest BCUT2D eigenvalue weighted by Crippen LogP contribution is -2.33. The van der Waals surface area contributed by atoms with Crippen LogP contribution in [0.25, 0.3) is 0 Å². The summed E-state index contributed by atoms with van der Waals surface area (Å²) in [6.07, 6.45) is 0.411. The van der Waals surface area contributed by atoms with Crippen molar-refractivity contribution < 1.29 is 29.2 Å². The first-order chi connectivity index (χ1) is 7.99. The van der Waals surface area contributed by atoms with E-state index in [1.165, 1.54) is 0 Å². The van der Waals surface area contributed by atoms with Gasteiger partial charge in [-0.15, -0.1) is 0 Å². The molecule has 6 heteroatoms. The predicted octanol–water partition coefficient (Wildman–Crippen LogP) is -0.376. The van der Waals surface area contributed by atoms with E-state index in [0.29, 0.717) is 19.6 Å². The summed E-state index contributed by atoms with van der Waals surface area (Å²) in [5.41, 5.74) is 0. The first-order valence-electron chi connectivity index (χ1n) is 5.84. The molecule has 4 atom stereocenters. The van der Waals surface area contributed by atoms with Gasteiger partial charge >= 0.3 is 0 Å². The molecule has 6 nitrogen and oxygen atoms in total. The first kappa shape index (κ1) is 13.2. The average Bonchev–Trinajstić information content (AvgIpc) is 2.86. The maximum absolute atomic E-state index is 9.09. The Labute approximate surface area is 100 Å². The number of rotatable bonds is 4. The first-order valence-corrected chi connectivity index (χ1v) is 5.84. The minimum Gasteiger partial charge on any atom is -0.391 e. The van der Waals surface area contributed by atoms with Gasteiger partial charge in [-0.2, -0.15) is 0 Å². The molecule has 2 fully saturated rings. The second kappa shape index (κ2) is 4.79. The van der Waals surface area contributed by atoms with Crippen LogP contribution in [0.15, 0.2) is 0 Å². The fraction of sp³-hybridized carbons (Fsp3) is 1.00. The van der Waals surface area contributed by atoms with E-state index < -0.39 is 11.6 Å². The third-order valence-electron chi connectivity index (χ3n) is 3.08. The molecule has 0 aliphatic carbocycles. The highest BCUT2D eigenvalue weighted by atomic mass is 16.8. The van der Waals surface area contributed by atoms with E-state index in [9.17, 15) is 0 Å². The summed E-state index contributed by atoms with van der Waals surface area (Å²) < 4.78 is 21.9. The van der Waals surface area contributed by atoms with Crippen molar-refractivity contribution in [2.75, 3.05) is 26.4 Å². The van der Waals surface area contributed by atoms with Gasteiger partial charge in [0.2, 0.25) is 0 Å². The molecule has 2 aliphatic heterocycles. The summed E-state index contributed by atoms with van der Waals surface area (Å²) in [6.45, 7) is 3.95. The van der Waals surface area contributed by atoms with Crippen LogP contribution in [0.3, 0.4) is 0 Å². The van der Waals surface area contributed by atoms with Crippen molar-refractivity contribution >= 4 is 0 Å². The van der Waals surface area contributed by atoms with Gasteiger partial charge in [0, 0.05) is 6.42 Å². The minimum atomic E-state index is -0.898. The fourth-order valence-electron chi connectivity index (χ4n) is 2.07. The van der Waals surface area contributed by atoms with Crippen LogP contribution in [-0.2, 0) is 18.9 Å². The molecule has 0 aromatic rings. The highest BCUT2D eigenvalue weighted by Gasteiger charge is 2.42. The molecule has 2 N–H and O–H groups in total. The SMILES string of the molecule is CC1(CO)OCC(CC2COC(C)(CO)O2)O1. The highest BCUT2D eigenvalue weighted by molar-refractivity contribution is 4.81. The van der Waals surface area contributed by atoms with Crippen molar-refractivity contribution in [3.63, 3.8) is 0 Å². The van der Waals surface area contributed by atoms with Crippen molar-refractivity contribution in [3.05, 3.63) is 0 Å². The molecule has 100 valence electrons. The lowest BCUT2D eigenvalue weighted by atomic mass is 10.2. The zero-order valence-corrected chi connectivity index (χ0v) is 10.2. The topological polar surface area (TPSA) is 77.4 Å². The molecule has 0 amide bonds. The van der Waals surface area contributed by atoms with Gasteiger partial charge in [-0.3, -0.25) is 0 Å². The van der Waals surface area contributed by atoms with Crippen molar-refractivity contribution in [3.8, 4) is 0 Å². The summed E-state index contributed by atoms with van der Waals surface area (Å²) in [5.74, 6) is -1.80. The van der Waals surface area contributed by atoms with Gasteiger partial charge in [-0.25, -0.2) is 0 Å². The molecule has 0 aromatic heterocycles. The zero-order chi connectivity index (χ0) is 12.5. The third-order valence-corrected chi connectivity index (χ3v) is 3.08. The number of hydrogen-bond acceptors (Lipinski definition) is 6. The Morgan fingerprint density at radius 2 is 1.35 bits per heavy atom. The van der Waals surface area contributed by atoms with E-state index in [2.05, 4.69) is 0 Å². The molecule has 17 heavy (non-hydrogen) atoms. The van der Waals surface area contributed by atoms with Crippen LogP contribution >= 0.6 is 0 Å². The summed E-state index contributed by atoms with van der Waals surface area (Å²) in [6, 6.07) is 0. The molecule has 0 spiro atoms. The molecule has 0 saturated carbocycles. The minimum absolute atomic E-state index is 0.109. The molecule has 0 aromatic carbocycles. The summed E-state index contributed by atoms with van der Waals surface area (Å²) in [5, 5.41) is 18.2.